The molecule has 0 unspecified atom stereocenters. The van der Waals surface area contributed by atoms with E-state index in [1.165, 1.54) is 23.5 Å². The number of aliphatic hydroxyl groups is 1. The zero-order valence-electron chi connectivity index (χ0n) is 16.2. The van der Waals surface area contributed by atoms with Crippen LogP contribution in [0, 0.1) is 5.82 Å². The van der Waals surface area contributed by atoms with Crippen LogP contribution in [0.1, 0.15) is 13.8 Å². The van der Waals surface area contributed by atoms with Gasteiger partial charge in [-0.2, -0.15) is 0 Å². The standard InChI is InChI=1S/C20H20Cl2FN3O3S/c1-10(2)29-17-4-3-11(5-15(17)22)19-25-26-20(30-19)13-6-16(23)18(7-14(13)21)28-9-12(24)8-27/h3-7,10,12,27H,8-9,24H2,1-2H3/t12-/m1/s1. The molecule has 0 aliphatic rings. The highest BCUT2D eigenvalue weighted by atomic mass is 35.5. The summed E-state index contributed by atoms with van der Waals surface area (Å²) in [6.45, 7) is 3.53. The highest BCUT2D eigenvalue weighted by Gasteiger charge is 2.17. The number of benzene rings is 2. The third-order valence-corrected chi connectivity index (χ3v) is 5.52. The van der Waals surface area contributed by atoms with Crippen LogP contribution in [0.5, 0.6) is 11.5 Å². The van der Waals surface area contributed by atoms with Crippen LogP contribution in [0.25, 0.3) is 21.1 Å². The van der Waals surface area contributed by atoms with E-state index in [0.717, 1.165) is 5.56 Å². The summed E-state index contributed by atoms with van der Waals surface area (Å²) >= 11 is 13.9. The Morgan fingerprint density at radius 1 is 1.10 bits per heavy atom. The molecule has 3 rings (SSSR count). The highest BCUT2D eigenvalue weighted by Crippen LogP contribution is 2.38. The molecule has 160 valence electrons. The molecule has 0 bridgehead atoms. The number of nitrogens with zero attached hydrogens (tertiary/aromatic N) is 2. The Morgan fingerprint density at radius 3 is 2.50 bits per heavy atom. The first-order chi connectivity index (χ1) is 14.3. The molecule has 1 aromatic heterocycles. The largest absolute Gasteiger partial charge is 0.489 e. The second kappa shape index (κ2) is 9.89. The monoisotopic (exact) mass is 471 g/mol. The molecule has 0 saturated heterocycles. The van der Waals surface area contributed by atoms with Gasteiger partial charge in [0.2, 0.25) is 0 Å². The Balaban J connectivity index is 1.84. The van der Waals surface area contributed by atoms with E-state index in [1.54, 1.807) is 12.1 Å². The lowest BCUT2D eigenvalue weighted by Crippen LogP contribution is -2.31. The van der Waals surface area contributed by atoms with Gasteiger partial charge in [-0.05, 0) is 38.1 Å². The van der Waals surface area contributed by atoms with Crippen LogP contribution < -0.4 is 15.2 Å². The zero-order chi connectivity index (χ0) is 21.8. The van der Waals surface area contributed by atoms with Crippen molar-refractivity contribution in [2.45, 2.75) is 26.0 Å². The summed E-state index contributed by atoms with van der Waals surface area (Å²) in [6.07, 6.45) is 0.00449. The first kappa shape index (κ1) is 22.7. The third kappa shape index (κ3) is 5.39. The van der Waals surface area contributed by atoms with E-state index < -0.39 is 11.9 Å². The van der Waals surface area contributed by atoms with Crippen molar-refractivity contribution < 1.29 is 19.0 Å². The van der Waals surface area contributed by atoms with Gasteiger partial charge in [0.15, 0.2) is 11.6 Å². The molecule has 2 aromatic carbocycles. The fourth-order valence-corrected chi connectivity index (χ4v) is 3.88. The summed E-state index contributed by atoms with van der Waals surface area (Å²) < 4.78 is 25.4. The Morgan fingerprint density at radius 2 is 1.83 bits per heavy atom. The summed E-state index contributed by atoms with van der Waals surface area (Å²) in [5, 5.41) is 19.0. The van der Waals surface area contributed by atoms with Crippen LogP contribution in [0.4, 0.5) is 4.39 Å². The van der Waals surface area contributed by atoms with E-state index >= 15 is 0 Å². The molecule has 30 heavy (non-hydrogen) atoms. The first-order valence-electron chi connectivity index (χ1n) is 9.07. The van der Waals surface area contributed by atoms with E-state index in [4.69, 9.17) is 43.5 Å². The quantitative estimate of drug-likeness (QED) is 0.490. The number of aliphatic hydroxyl groups excluding tert-OH is 1. The Hall–Kier alpha value is -1.97. The van der Waals surface area contributed by atoms with Crippen LogP contribution in [0.2, 0.25) is 10.0 Å². The Labute approximate surface area is 187 Å². The highest BCUT2D eigenvalue weighted by molar-refractivity contribution is 7.18. The number of nitrogens with two attached hydrogens (primary N) is 1. The van der Waals surface area contributed by atoms with E-state index in [-0.39, 0.29) is 30.1 Å². The fraction of sp³-hybridized carbons (Fsp3) is 0.300. The first-order valence-corrected chi connectivity index (χ1v) is 10.6. The third-order valence-electron chi connectivity index (χ3n) is 3.91. The minimum absolute atomic E-state index is 0.00449. The Kier molecular flexibility index (Phi) is 7.49. The van der Waals surface area contributed by atoms with Crippen molar-refractivity contribution in [3.8, 4) is 32.6 Å². The number of hydrogen-bond donors (Lipinski definition) is 2. The zero-order valence-corrected chi connectivity index (χ0v) is 18.6. The maximum absolute atomic E-state index is 14.4. The average molecular weight is 472 g/mol. The van der Waals surface area contributed by atoms with Crippen LogP contribution in [-0.4, -0.2) is 40.7 Å². The Bertz CT molecular complexity index is 1030. The number of halogens is 3. The normalized spacial score (nSPS) is 12.3. The molecule has 0 aliphatic carbocycles. The molecule has 0 aliphatic heterocycles. The molecule has 0 saturated carbocycles. The van der Waals surface area contributed by atoms with E-state index in [0.29, 0.717) is 26.4 Å². The van der Waals surface area contributed by atoms with Gasteiger partial charge in [0, 0.05) is 17.2 Å². The molecular weight excluding hydrogens is 452 g/mol. The van der Waals surface area contributed by atoms with Crippen molar-refractivity contribution in [2.24, 2.45) is 5.73 Å². The summed E-state index contributed by atoms with van der Waals surface area (Å²) in [5.41, 5.74) is 6.72. The number of ether oxygens (including phenoxy) is 2. The topological polar surface area (TPSA) is 90.5 Å². The molecule has 1 atom stereocenters. The van der Waals surface area contributed by atoms with Gasteiger partial charge in [-0.25, -0.2) is 4.39 Å². The van der Waals surface area contributed by atoms with E-state index in [2.05, 4.69) is 10.2 Å². The van der Waals surface area contributed by atoms with Gasteiger partial charge in [0.1, 0.15) is 22.4 Å². The molecule has 6 nitrogen and oxygen atoms in total. The molecule has 3 N–H and O–H groups in total. The lowest BCUT2D eigenvalue weighted by atomic mass is 10.2. The second-order valence-corrected chi connectivity index (χ2v) is 8.53. The van der Waals surface area contributed by atoms with E-state index in [9.17, 15) is 4.39 Å². The molecule has 0 fully saturated rings. The predicted molar refractivity (Wildman–Crippen MR) is 117 cm³/mol. The molecule has 0 amide bonds. The second-order valence-electron chi connectivity index (χ2n) is 6.74. The van der Waals surface area contributed by atoms with Crippen molar-refractivity contribution in [1.82, 2.24) is 10.2 Å². The number of rotatable bonds is 8. The van der Waals surface area contributed by atoms with Crippen LogP contribution >= 0.6 is 34.5 Å². The molecule has 0 radical (unpaired) electrons. The maximum atomic E-state index is 14.4. The number of hydrogen-bond acceptors (Lipinski definition) is 7. The smallest absolute Gasteiger partial charge is 0.165 e. The molecule has 10 heteroatoms. The molecule has 1 heterocycles. The SMILES string of the molecule is CC(C)Oc1ccc(-c2nnc(-c3cc(F)c(OC[C@H](N)CO)cc3Cl)s2)cc1Cl. The molecule has 0 spiro atoms. The van der Waals surface area contributed by atoms with Gasteiger partial charge in [-0.3, -0.25) is 0 Å². The van der Waals surface area contributed by atoms with Gasteiger partial charge in [0.05, 0.1) is 28.8 Å². The lowest BCUT2D eigenvalue weighted by Gasteiger charge is -2.12. The van der Waals surface area contributed by atoms with Crippen LogP contribution in [0.15, 0.2) is 30.3 Å². The van der Waals surface area contributed by atoms with Gasteiger partial charge < -0.3 is 20.3 Å². The van der Waals surface area contributed by atoms with E-state index in [1.807, 2.05) is 19.9 Å². The van der Waals surface area contributed by atoms with Gasteiger partial charge >= 0.3 is 0 Å². The summed E-state index contributed by atoms with van der Waals surface area (Å²) in [6, 6.07) is 7.32. The summed E-state index contributed by atoms with van der Waals surface area (Å²) in [7, 11) is 0. The lowest BCUT2D eigenvalue weighted by molar-refractivity contribution is 0.202. The molecular formula is C20H20Cl2FN3O3S. The van der Waals surface area contributed by atoms with Crippen molar-refractivity contribution >= 4 is 34.5 Å². The molecule has 3 aromatic rings. The minimum Gasteiger partial charge on any atom is -0.489 e. The number of aromatic nitrogens is 2. The fourth-order valence-electron chi connectivity index (χ4n) is 2.48. The minimum atomic E-state index is -0.616. The maximum Gasteiger partial charge on any atom is 0.165 e. The van der Waals surface area contributed by atoms with Crippen LogP contribution in [0.3, 0.4) is 0 Å². The van der Waals surface area contributed by atoms with Crippen molar-refractivity contribution in [3.63, 3.8) is 0 Å². The van der Waals surface area contributed by atoms with Crippen molar-refractivity contribution in [3.05, 3.63) is 46.2 Å². The van der Waals surface area contributed by atoms with Gasteiger partial charge in [-0.15, -0.1) is 10.2 Å². The average Bonchev–Trinajstić information content (AvgIpc) is 3.19. The summed E-state index contributed by atoms with van der Waals surface area (Å²) in [5.74, 6) is -0.0822. The summed E-state index contributed by atoms with van der Waals surface area (Å²) in [4.78, 5) is 0. The van der Waals surface area contributed by atoms with Gasteiger partial charge in [-0.1, -0.05) is 34.5 Å². The van der Waals surface area contributed by atoms with Gasteiger partial charge in [0.25, 0.3) is 0 Å². The van der Waals surface area contributed by atoms with Crippen molar-refractivity contribution in [1.29, 1.82) is 0 Å². The van der Waals surface area contributed by atoms with Crippen molar-refractivity contribution in [2.75, 3.05) is 13.2 Å². The predicted octanol–water partition coefficient (Wildman–Crippen LogP) is 4.80. The van der Waals surface area contributed by atoms with Crippen LogP contribution in [-0.2, 0) is 0 Å².